The summed E-state index contributed by atoms with van der Waals surface area (Å²) >= 11 is 0. The van der Waals surface area contributed by atoms with Crippen LogP contribution in [0.2, 0.25) is 0 Å². The monoisotopic (exact) mass is 281 g/mol. The molecule has 0 amide bonds. The third-order valence-corrected chi connectivity index (χ3v) is 4.42. The molecule has 0 bridgehead atoms. The molecule has 1 aromatic rings. The van der Waals surface area contributed by atoms with Crippen LogP contribution in [-0.2, 0) is 0 Å². The van der Waals surface area contributed by atoms with Gasteiger partial charge in [0.1, 0.15) is 5.75 Å². The summed E-state index contributed by atoms with van der Waals surface area (Å²) in [6.07, 6.45) is 6.85. The summed E-state index contributed by atoms with van der Waals surface area (Å²) < 4.78 is 5.80. The van der Waals surface area contributed by atoms with Crippen molar-refractivity contribution < 1.29 is 4.74 Å². The number of benzene rings is 1. The first kappa shape index (κ1) is 14.7. The molecule has 19 heavy (non-hydrogen) atoms. The number of fused-ring (bicyclic) bond motifs is 1. The molecule has 2 nitrogen and oxygen atoms in total. The Bertz CT molecular complexity index is 409. The van der Waals surface area contributed by atoms with E-state index in [0.29, 0.717) is 6.04 Å². The molecule has 2 atom stereocenters. The van der Waals surface area contributed by atoms with Crippen LogP contribution in [0, 0.1) is 0 Å². The Morgan fingerprint density at radius 3 is 2.84 bits per heavy atom. The summed E-state index contributed by atoms with van der Waals surface area (Å²) in [5, 5.41) is 0. The van der Waals surface area contributed by atoms with Crippen LogP contribution in [0.3, 0.4) is 0 Å². The zero-order valence-corrected chi connectivity index (χ0v) is 12.5. The fourth-order valence-electron chi connectivity index (χ4n) is 3.64. The molecular formula is C16H24ClNO. The topological polar surface area (TPSA) is 12.5 Å². The zero-order chi connectivity index (χ0) is 12.4. The summed E-state index contributed by atoms with van der Waals surface area (Å²) in [6, 6.07) is 10.0. The highest BCUT2D eigenvalue weighted by Gasteiger charge is 2.36. The van der Waals surface area contributed by atoms with Gasteiger partial charge in [-0.2, -0.15) is 0 Å². The van der Waals surface area contributed by atoms with Gasteiger partial charge < -0.3 is 4.74 Å². The third-order valence-electron chi connectivity index (χ3n) is 4.42. The second kappa shape index (κ2) is 6.62. The zero-order valence-electron chi connectivity index (χ0n) is 11.7. The number of hydrogen-bond donors (Lipinski definition) is 0. The van der Waals surface area contributed by atoms with E-state index in [-0.39, 0.29) is 12.4 Å². The van der Waals surface area contributed by atoms with Crippen molar-refractivity contribution in [3.05, 3.63) is 29.8 Å². The molecule has 3 rings (SSSR count). The minimum atomic E-state index is 0. The molecule has 2 fully saturated rings. The predicted octanol–water partition coefficient (Wildman–Crippen LogP) is 4.20. The highest BCUT2D eigenvalue weighted by atomic mass is 35.5. The lowest BCUT2D eigenvalue weighted by molar-refractivity contribution is 0.147. The van der Waals surface area contributed by atoms with Gasteiger partial charge in [-0.3, -0.25) is 4.90 Å². The summed E-state index contributed by atoms with van der Waals surface area (Å²) in [7, 11) is 0. The average Bonchev–Trinajstić information content (AvgIpc) is 2.84. The molecule has 2 heterocycles. The van der Waals surface area contributed by atoms with E-state index >= 15 is 0 Å². The number of rotatable bonds is 3. The van der Waals surface area contributed by atoms with Gasteiger partial charge in [0.2, 0.25) is 0 Å². The highest BCUT2D eigenvalue weighted by molar-refractivity contribution is 5.85. The first-order valence-electron chi connectivity index (χ1n) is 7.37. The predicted molar refractivity (Wildman–Crippen MR) is 81.2 cm³/mol. The van der Waals surface area contributed by atoms with Gasteiger partial charge in [-0.25, -0.2) is 0 Å². The molecule has 0 spiro atoms. The second-order valence-electron chi connectivity index (χ2n) is 5.45. The van der Waals surface area contributed by atoms with Crippen LogP contribution in [0.1, 0.15) is 50.6 Å². The fourth-order valence-corrected chi connectivity index (χ4v) is 3.64. The van der Waals surface area contributed by atoms with E-state index in [0.717, 1.165) is 18.4 Å². The quantitative estimate of drug-likeness (QED) is 0.823. The van der Waals surface area contributed by atoms with Crippen molar-refractivity contribution in [2.45, 2.75) is 51.1 Å². The number of halogens is 1. The molecular weight excluding hydrogens is 258 g/mol. The standard InChI is InChI=1S/C16H23NO.ClH/c1-2-18-16-9-4-3-8-14(16)15-11-10-13-7-5-6-12-17(13)15;/h3-4,8-9,13,15H,2,5-7,10-12H2,1H3;1H/t13-,15-;/m1./s1. The fraction of sp³-hybridized carbons (Fsp3) is 0.625. The van der Waals surface area contributed by atoms with Gasteiger partial charge >= 0.3 is 0 Å². The molecule has 2 aliphatic heterocycles. The maximum Gasteiger partial charge on any atom is 0.124 e. The Labute approximate surface area is 122 Å². The molecule has 2 aliphatic rings. The Hall–Kier alpha value is -0.730. The molecule has 0 unspecified atom stereocenters. The Balaban J connectivity index is 0.00000133. The maximum absolute atomic E-state index is 5.80. The largest absolute Gasteiger partial charge is 0.494 e. The smallest absolute Gasteiger partial charge is 0.124 e. The Morgan fingerprint density at radius 2 is 2.00 bits per heavy atom. The number of para-hydroxylation sites is 1. The first-order chi connectivity index (χ1) is 8.90. The van der Waals surface area contributed by atoms with Crippen molar-refractivity contribution in [3.63, 3.8) is 0 Å². The van der Waals surface area contributed by atoms with Crippen molar-refractivity contribution in [2.24, 2.45) is 0 Å². The van der Waals surface area contributed by atoms with Crippen LogP contribution in [0.15, 0.2) is 24.3 Å². The number of nitrogens with zero attached hydrogens (tertiary/aromatic N) is 1. The Morgan fingerprint density at radius 1 is 1.16 bits per heavy atom. The molecule has 0 saturated carbocycles. The van der Waals surface area contributed by atoms with Gasteiger partial charge in [-0.05, 0) is 45.2 Å². The molecule has 0 aromatic heterocycles. The summed E-state index contributed by atoms with van der Waals surface area (Å²) in [5.41, 5.74) is 1.41. The van der Waals surface area contributed by atoms with Gasteiger partial charge in [0, 0.05) is 17.6 Å². The number of hydrogen-bond acceptors (Lipinski definition) is 2. The van der Waals surface area contributed by atoms with Crippen LogP contribution in [0.4, 0.5) is 0 Å². The first-order valence-corrected chi connectivity index (χ1v) is 7.37. The molecule has 3 heteroatoms. The number of piperidine rings is 1. The lowest BCUT2D eigenvalue weighted by atomic mass is 10.0. The molecule has 0 N–H and O–H groups in total. The van der Waals surface area contributed by atoms with E-state index in [1.165, 1.54) is 44.2 Å². The summed E-state index contributed by atoms with van der Waals surface area (Å²) in [4.78, 5) is 2.72. The lowest BCUT2D eigenvalue weighted by Gasteiger charge is -2.34. The van der Waals surface area contributed by atoms with E-state index in [1.807, 2.05) is 0 Å². The van der Waals surface area contributed by atoms with Gasteiger partial charge in [0.25, 0.3) is 0 Å². The van der Waals surface area contributed by atoms with E-state index in [1.54, 1.807) is 0 Å². The SMILES string of the molecule is CCOc1ccccc1[C@H]1CC[C@H]2CCCCN21.Cl. The Kier molecular flexibility index (Phi) is 5.12. The molecule has 0 radical (unpaired) electrons. The minimum absolute atomic E-state index is 0. The van der Waals surface area contributed by atoms with Gasteiger partial charge in [-0.15, -0.1) is 12.4 Å². The van der Waals surface area contributed by atoms with E-state index in [4.69, 9.17) is 4.74 Å². The average molecular weight is 282 g/mol. The summed E-state index contributed by atoms with van der Waals surface area (Å²) in [6.45, 7) is 4.10. The van der Waals surface area contributed by atoms with Crippen LogP contribution in [-0.4, -0.2) is 24.1 Å². The maximum atomic E-state index is 5.80. The van der Waals surface area contributed by atoms with Crippen molar-refractivity contribution in [1.29, 1.82) is 0 Å². The van der Waals surface area contributed by atoms with Crippen molar-refractivity contribution >= 4 is 12.4 Å². The van der Waals surface area contributed by atoms with Gasteiger partial charge in [0.15, 0.2) is 0 Å². The van der Waals surface area contributed by atoms with Gasteiger partial charge in [-0.1, -0.05) is 24.6 Å². The van der Waals surface area contributed by atoms with Crippen LogP contribution in [0.5, 0.6) is 5.75 Å². The van der Waals surface area contributed by atoms with E-state index in [2.05, 4.69) is 36.1 Å². The van der Waals surface area contributed by atoms with Crippen LogP contribution >= 0.6 is 12.4 Å². The van der Waals surface area contributed by atoms with Crippen molar-refractivity contribution in [2.75, 3.05) is 13.2 Å². The minimum Gasteiger partial charge on any atom is -0.494 e. The molecule has 2 saturated heterocycles. The van der Waals surface area contributed by atoms with Crippen LogP contribution in [0.25, 0.3) is 0 Å². The van der Waals surface area contributed by atoms with Crippen LogP contribution < -0.4 is 4.74 Å². The van der Waals surface area contributed by atoms with Crippen molar-refractivity contribution in [3.8, 4) is 5.75 Å². The lowest BCUT2D eigenvalue weighted by Crippen LogP contribution is -2.35. The molecule has 1 aromatic carbocycles. The highest BCUT2D eigenvalue weighted by Crippen LogP contribution is 2.42. The van der Waals surface area contributed by atoms with E-state index in [9.17, 15) is 0 Å². The molecule has 106 valence electrons. The molecule has 0 aliphatic carbocycles. The summed E-state index contributed by atoms with van der Waals surface area (Å²) in [5.74, 6) is 1.09. The second-order valence-corrected chi connectivity index (χ2v) is 5.45. The normalized spacial score (nSPS) is 26.6. The number of ether oxygens (including phenoxy) is 1. The van der Waals surface area contributed by atoms with E-state index < -0.39 is 0 Å². The van der Waals surface area contributed by atoms with Crippen molar-refractivity contribution in [1.82, 2.24) is 4.90 Å². The van der Waals surface area contributed by atoms with Gasteiger partial charge in [0.05, 0.1) is 6.61 Å². The third kappa shape index (κ3) is 2.90.